The number of hydrogen-bond donors (Lipinski definition) is 1. The van der Waals surface area contributed by atoms with Gasteiger partial charge >= 0.3 is 0 Å². The van der Waals surface area contributed by atoms with E-state index in [0.29, 0.717) is 28.7 Å². The van der Waals surface area contributed by atoms with E-state index in [9.17, 15) is 9.59 Å². The Bertz CT molecular complexity index is 1200. The zero-order chi connectivity index (χ0) is 22.5. The molecule has 0 spiro atoms. The molecule has 1 aromatic heterocycles. The molecule has 1 heterocycles. The van der Waals surface area contributed by atoms with E-state index in [4.69, 9.17) is 33.7 Å². The Morgan fingerprint density at radius 2 is 2.00 bits per heavy atom. The molecule has 0 aliphatic heterocycles. The number of halogens is 3. The molecule has 0 saturated carbocycles. The summed E-state index contributed by atoms with van der Waals surface area (Å²) in [5, 5.41) is 5.20. The van der Waals surface area contributed by atoms with Crippen LogP contribution in [0.25, 0.3) is 10.9 Å². The second-order valence-electron chi connectivity index (χ2n) is 6.72. The molecule has 0 bridgehead atoms. The number of amides is 1. The number of primary amides is 1. The number of aromatic nitrogens is 2. The van der Waals surface area contributed by atoms with Gasteiger partial charge in [0.1, 0.15) is 5.82 Å². The van der Waals surface area contributed by atoms with Crippen LogP contribution in [-0.4, -0.2) is 28.4 Å². The molecule has 3 aromatic rings. The van der Waals surface area contributed by atoms with Crippen LogP contribution in [0.3, 0.4) is 0 Å². The first kappa shape index (κ1) is 23.2. The van der Waals surface area contributed by atoms with E-state index in [2.05, 4.69) is 32.9 Å². The first-order chi connectivity index (χ1) is 14.8. The average Bonchev–Trinajstić information content (AvgIpc) is 2.71. The van der Waals surface area contributed by atoms with Crippen molar-refractivity contribution in [2.24, 2.45) is 10.8 Å². The largest absolute Gasteiger partial charge is 0.481 e. The lowest BCUT2D eigenvalue weighted by molar-refractivity contribution is -0.119. The minimum absolute atomic E-state index is 0.150. The Balaban J connectivity index is 2.02. The fraction of sp³-hybridized carbons (Fsp3) is 0.238. The Hall–Kier alpha value is -2.42. The lowest BCUT2D eigenvalue weighted by Gasteiger charge is -2.10. The quantitative estimate of drug-likeness (QED) is 0.436. The molecule has 10 heteroatoms. The van der Waals surface area contributed by atoms with Crippen molar-refractivity contribution < 1.29 is 9.53 Å². The number of carbonyl (C=O) groups is 1. The van der Waals surface area contributed by atoms with E-state index in [1.165, 1.54) is 10.9 Å². The average molecular weight is 526 g/mol. The van der Waals surface area contributed by atoms with Crippen LogP contribution < -0.4 is 16.0 Å². The van der Waals surface area contributed by atoms with Gasteiger partial charge in [-0.3, -0.25) is 9.59 Å². The first-order valence-electron chi connectivity index (χ1n) is 9.45. The summed E-state index contributed by atoms with van der Waals surface area (Å²) in [6.07, 6.45) is 3.90. The van der Waals surface area contributed by atoms with E-state index in [1.807, 2.05) is 6.07 Å². The summed E-state index contributed by atoms with van der Waals surface area (Å²) in [7, 11) is 0. The van der Waals surface area contributed by atoms with Gasteiger partial charge in [0, 0.05) is 10.9 Å². The summed E-state index contributed by atoms with van der Waals surface area (Å²) in [6, 6.07) is 8.50. The van der Waals surface area contributed by atoms with Gasteiger partial charge in [0.2, 0.25) is 0 Å². The van der Waals surface area contributed by atoms with Crippen molar-refractivity contribution in [2.75, 3.05) is 6.61 Å². The monoisotopic (exact) mass is 524 g/mol. The topological polar surface area (TPSA) is 99.6 Å². The Kier molecular flexibility index (Phi) is 7.69. The fourth-order valence-electron chi connectivity index (χ4n) is 2.87. The molecule has 0 aliphatic carbocycles. The minimum atomic E-state index is -0.646. The smallest absolute Gasteiger partial charge is 0.282 e. The molecule has 1 amide bonds. The molecule has 2 aromatic carbocycles. The maximum Gasteiger partial charge on any atom is 0.282 e. The van der Waals surface area contributed by atoms with Crippen molar-refractivity contribution in [3.63, 3.8) is 0 Å². The van der Waals surface area contributed by atoms with Gasteiger partial charge in [0.25, 0.3) is 11.5 Å². The van der Waals surface area contributed by atoms with Crippen LogP contribution in [0, 0.1) is 0 Å². The second kappa shape index (κ2) is 10.3. The number of benzene rings is 2. The third kappa shape index (κ3) is 5.64. The summed E-state index contributed by atoms with van der Waals surface area (Å²) < 4.78 is 7.31. The van der Waals surface area contributed by atoms with E-state index >= 15 is 0 Å². The lowest BCUT2D eigenvalue weighted by atomic mass is 10.2. The van der Waals surface area contributed by atoms with Gasteiger partial charge in [-0.1, -0.05) is 52.5 Å². The summed E-state index contributed by atoms with van der Waals surface area (Å²) in [4.78, 5) is 28.6. The number of hydrogen-bond acceptors (Lipinski definition) is 5. The molecule has 162 valence electrons. The first-order valence-corrected chi connectivity index (χ1v) is 11.0. The van der Waals surface area contributed by atoms with Crippen LogP contribution in [0.1, 0.15) is 31.2 Å². The predicted molar refractivity (Wildman–Crippen MR) is 126 cm³/mol. The highest BCUT2D eigenvalue weighted by Gasteiger charge is 2.13. The SMILES string of the molecule is CCCCc1nc2ccc(Br)cc2c(=O)n1N=Cc1cc(Cl)c(OCC(N)=O)c(Cl)c1. The standard InChI is InChI=1S/C21H19BrCl2N4O3/c1-2-3-4-19-27-17-6-5-13(22)9-14(17)21(30)28(19)26-10-12-7-15(23)20(16(24)8-12)31-11-18(25)29/h5-10H,2-4,11H2,1H3,(H2,25,29). The Morgan fingerprint density at radius 1 is 1.29 bits per heavy atom. The molecule has 0 fully saturated rings. The molecule has 3 rings (SSSR count). The third-order valence-electron chi connectivity index (χ3n) is 4.33. The molecule has 2 N–H and O–H groups in total. The van der Waals surface area contributed by atoms with Gasteiger partial charge in [-0.2, -0.15) is 9.78 Å². The van der Waals surface area contributed by atoms with Crippen molar-refractivity contribution in [3.8, 4) is 5.75 Å². The molecule has 0 atom stereocenters. The normalized spacial score (nSPS) is 11.4. The van der Waals surface area contributed by atoms with Crippen molar-refractivity contribution in [1.29, 1.82) is 0 Å². The van der Waals surface area contributed by atoms with Gasteiger partial charge in [0.15, 0.2) is 12.4 Å². The minimum Gasteiger partial charge on any atom is -0.481 e. The summed E-state index contributed by atoms with van der Waals surface area (Å²) >= 11 is 15.8. The highest BCUT2D eigenvalue weighted by Crippen LogP contribution is 2.33. The van der Waals surface area contributed by atoms with E-state index in [0.717, 1.165) is 17.3 Å². The van der Waals surface area contributed by atoms with Crippen molar-refractivity contribution in [1.82, 2.24) is 9.66 Å². The number of rotatable bonds is 8. The van der Waals surface area contributed by atoms with Crippen LogP contribution in [0.4, 0.5) is 0 Å². The van der Waals surface area contributed by atoms with Gasteiger partial charge in [-0.25, -0.2) is 4.98 Å². The number of ether oxygens (including phenoxy) is 1. The Morgan fingerprint density at radius 3 is 2.65 bits per heavy atom. The van der Waals surface area contributed by atoms with Gasteiger partial charge in [-0.05, 0) is 42.3 Å². The zero-order valence-electron chi connectivity index (χ0n) is 16.6. The number of carbonyl (C=O) groups excluding carboxylic acids is 1. The molecule has 0 aliphatic rings. The van der Waals surface area contributed by atoms with Crippen LogP contribution in [-0.2, 0) is 11.2 Å². The summed E-state index contributed by atoms with van der Waals surface area (Å²) in [6.45, 7) is 1.72. The van der Waals surface area contributed by atoms with E-state index in [-0.39, 0.29) is 28.0 Å². The van der Waals surface area contributed by atoms with Crippen LogP contribution in [0.2, 0.25) is 10.0 Å². The number of fused-ring (bicyclic) bond motifs is 1. The number of nitrogens with zero attached hydrogens (tertiary/aromatic N) is 3. The lowest BCUT2D eigenvalue weighted by Crippen LogP contribution is -2.22. The fourth-order valence-corrected chi connectivity index (χ4v) is 3.84. The number of unbranched alkanes of at least 4 members (excludes halogenated alkanes) is 1. The number of aryl methyl sites for hydroxylation is 1. The molecular formula is C21H19BrCl2N4O3. The van der Waals surface area contributed by atoms with Crippen molar-refractivity contribution >= 4 is 62.2 Å². The van der Waals surface area contributed by atoms with Crippen LogP contribution in [0.15, 0.2) is 44.7 Å². The van der Waals surface area contributed by atoms with Gasteiger partial charge in [-0.15, -0.1) is 0 Å². The van der Waals surface area contributed by atoms with Crippen LogP contribution >= 0.6 is 39.1 Å². The maximum absolute atomic E-state index is 13.1. The predicted octanol–water partition coefficient (Wildman–Crippen LogP) is 4.55. The maximum atomic E-state index is 13.1. The van der Waals surface area contributed by atoms with Crippen LogP contribution in [0.5, 0.6) is 5.75 Å². The molecule has 0 unspecified atom stereocenters. The van der Waals surface area contributed by atoms with Crippen molar-refractivity contribution in [3.05, 3.63) is 66.6 Å². The highest BCUT2D eigenvalue weighted by molar-refractivity contribution is 9.10. The molecule has 0 saturated heterocycles. The summed E-state index contributed by atoms with van der Waals surface area (Å²) in [5.41, 5.74) is 5.97. The van der Waals surface area contributed by atoms with Gasteiger partial charge in [0.05, 0.1) is 27.2 Å². The molecule has 31 heavy (non-hydrogen) atoms. The summed E-state index contributed by atoms with van der Waals surface area (Å²) in [5.74, 6) is 0.0704. The molecule has 7 nitrogen and oxygen atoms in total. The molecule has 0 radical (unpaired) electrons. The third-order valence-corrected chi connectivity index (χ3v) is 5.39. The zero-order valence-corrected chi connectivity index (χ0v) is 19.7. The second-order valence-corrected chi connectivity index (χ2v) is 8.45. The molecular weight excluding hydrogens is 507 g/mol. The Labute approximate surface area is 196 Å². The van der Waals surface area contributed by atoms with Crippen molar-refractivity contribution in [2.45, 2.75) is 26.2 Å². The van der Waals surface area contributed by atoms with Gasteiger partial charge < -0.3 is 10.5 Å². The van der Waals surface area contributed by atoms with E-state index in [1.54, 1.807) is 24.3 Å². The highest BCUT2D eigenvalue weighted by atomic mass is 79.9. The number of nitrogens with two attached hydrogens (primary N) is 1. The van der Waals surface area contributed by atoms with E-state index < -0.39 is 5.91 Å².